The summed E-state index contributed by atoms with van der Waals surface area (Å²) in [5, 5.41) is 0. The normalized spacial score (nSPS) is 21.2. The molecule has 4 nitrogen and oxygen atoms in total. The van der Waals surface area contributed by atoms with Gasteiger partial charge in [-0.1, -0.05) is 19.9 Å². The van der Waals surface area contributed by atoms with Gasteiger partial charge in [0.25, 0.3) is 0 Å². The number of nitrogen functional groups attached to an aromatic ring is 1. The van der Waals surface area contributed by atoms with Crippen molar-refractivity contribution in [2.45, 2.75) is 32.1 Å². The van der Waals surface area contributed by atoms with Crippen LogP contribution in [0.5, 0.6) is 0 Å². The van der Waals surface area contributed by atoms with Crippen molar-refractivity contribution in [1.82, 2.24) is 4.31 Å². The maximum atomic E-state index is 12.6. The monoisotopic (exact) mass is 282 g/mol. The van der Waals surface area contributed by atoms with Gasteiger partial charge >= 0.3 is 0 Å². The molecule has 1 heterocycles. The summed E-state index contributed by atoms with van der Waals surface area (Å²) in [4.78, 5) is 0.238. The molecule has 106 valence electrons. The van der Waals surface area contributed by atoms with E-state index in [1.807, 2.05) is 6.92 Å². The van der Waals surface area contributed by atoms with E-state index >= 15 is 0 Å². The number of hydrogen-bond acceptors (Lipinski definition) is 3. The van der Waals surface area contributed by atoms with Crippen LogP contribution < -0.4 is 5.73 Å². The molecule has 1 fully saturated rings. The lowest BCUT2D eigenvalue weighted by Crippen LogP contribution is -2.30. The van der Waals surface area contributed by atoms with Crippen LogP contribution in [0.25, 0.3) is 0 Å². The zero-order chi connectivity index (χ0) is 14.2. The quantitative estimate of drug-likeness (QED) is 0.865. The standard InChI is InChI=1S/C14H22N2O2S/c1-10(2)12-6-7-16(9-12)19(17,18)14-5-4-11(3)8-13(14)15/h4-5,8,10,12H,6-7,9,15H2,1-3H3. The maximum absolute atomic E-state index is 12.6. The SMILES string of the molecule is Cc1ccc(S(=O)(=O)N2CCC(C(C)C)C2)c(N)c1. The highest BCUT2D eigenvalue weighted by atomic mass is 32.2. The summed E-state index contributed by atoms with van der Waals surface area (Å²) >= 11 is 0. The highest BCUT2D eigenvalue weighted by molar-refractivity contribution is 7.89. The third-order valence-corrected chi connectivity index (χ3v) is 5.85. The minimum Gasteiger partial charge on any atom is -0.398 e. The molecule has 1 unspecified atom stereocenters. The molecule has 0 aromatic heterocycles. The first-order valence-electron chi connectivity index (χ1n) is 6.68. The van der Waals surface area contributed by atoms with Crippen LogP contribution in [0.15, 0.2) is 23.1 Å². The Morgan fingerprint density at radius 3 is 2.58 bits per heavy atom. The number of hydrogen-bond donors (Lipinski definition) is 1. The Bertz CT molecular complexity index is 567. The van der Waals surface area contributed by atoms with Gasteiger partial charge in [0.15, 0.2) is 0 Å². The van der Waals surface area contributed by atoms with Gasteiger partial charge in [-0.25, -0.2) is 8.42 Å². The smallest absolute Gasteiger partial charge is 0.245 e. The van der Waals surface area contributed by atoms with E-state index in [2.05, 4.69) is 13.8 Å². The van der Waals surface area contributed by atoms with E-state index in [0.29, 0.717) is 30.6 Å². The van der Waals surface area contributed by atoms with E-state index in [0.717, 1.165) is 12.0 Å². The van der Waals surface area contributed by atoms with E-state index in [1.54, 1.807) is 22.5 Å². The van der Waals surface area contributed by atoms with E-state index in [-0.39, 0.29) is 4.90 Å². The lowest BCUT2D eigenvalue weighted by molar-refractivity contribution is 0.388. The van der Waals surface area contributed by atoms with E-state index < -0.39 is 10.0 Å². The number of benzene rings is 1. The fraction of sp³-hybridized carbons (Fsp3) is 0.571. The van der Waals surface area contributed by atoms with Crippen LogP contribution in [0.1, 0.15) is 25.8 Å². The number of nitrogens with two attached hydrogens (primary N) is 1. The fourth-order valence-electron chi connectivity index (χ4n) is 2.56. The van der Waals surface area contributed by atoms with Gasteiger partial charge in [0, 0.05) is 13.1 Å². The number of rotatable bonds is 3. The van der Waals surface area contributed by atoms with Crippen LogP contribution in [0.3, 0.4) is 0 Å². The summed E-state index contributed by atoms with van der Waals surface area (Å²) in [5.41, 5.74) is 7.17. The minimum atomic E-state index is -3.44. The highest BCUT2D eigenvalue weighted by Crippen LogP contribution is 2.30. The van der Waals surface area contributed by atoms with Gasteiger partial charge in [-0.3, -0.25) is 0 Å². The molecule has 1 atom stereocenters. The van der Waals surface area contributed by atoms with Crippen LogP contribution in [0.2, 0.25) is 0 Å². The number of aryl methyl sites for hydroxylation is 1. The molecule has 19 heavy (non-hydrogen) atoms. The third-order valence-electron chi connectivity index (χ3n) is 3.91. The highest BCUT2D eigenvalue weighted by Gasteiger charge is 2.34. The third kappa shape index (κ3) is 2.77. The molecule has 1 saturated heterocycles. The van der Waals surface area contributed by atoms with Crippen molar-refractivity contribution in [2.75, 3.05) is 18.8 Å². The lowest BCUT2D eigenvalue weighted by atomic mass is 9.96. The van der Waals surface area contributed by atoms with Crippen molar-refractivity contribution < 1.29 is 8.42 Å². The predicted octanol–water partition coefficient (Wildman–Crippen LogP) is 2.24. The number of sulfonamides is 1. The van der Waals surface area contributed by atoms with Gasteiger partial charge in [0.2, 0.25) is 10.0 Å². The summed E-state index contributed by atoms with van der Waals surface area (Å²) in [7, 11) is -3.44. The molecule has 0 aliphatic carbocycles. The first-order valence-corrected chi connectivity index (χ1v) is 8.12. The zero-order valence-electron chi connectivity index (χ0n) is 11.8. The molecule has 5 heteroatoms. The average molecular weight is 282 g/mol. The average Bonchev–Trinajstić information content (AvgIpc) is 2.78. The summed E-state index contributed by atoms with van der Waals surface area (Å²) in [6, 6.07) is 5.12. The molecule has 2 rings (SSSR count). The Hall–Kier alpha value is -1.07. The van der Waals surface area contributed by atoms with Crippen molar-refractivity contribution in [2.24, 2.45) is 11.8 Å². The second-order valence-electron chi connectivity index (χ2n) is 5.70. The zero-order valence-corrected chi connectivity index (χ0v) is 12.6. The van der Waals surface area contributed by atoms with E-state index in [9.17, 15) is 8.42 Å². The van der Waals surface area contributed by atoms with Crippen LogP contribution in [-0.4, -0.2) is 25.8 Å². The van der Waals surface area contributed by atoms with Gasteiger partial charge in [-0.15, -0.1) is 0 Å². The first-order chi connectivity index (χ1) is 8.82. The van der Waals surface area contributed by atoms with Gasteiger partial charge in [0.05, 0.1) is 5.69 Å². The largest absolute Gasteiger partial charge is 0.398 e. The fourth-order valence-corrected chi connectivity index (χ4v) is 4.17. The van der Waals surface area contributed by atoms with E-state index in [1.165, 1.54) is 0 Å². The van der Waals surface area contributed by atoms with Crippen molar-refractivity contribution in [3.8, 4) is 0 Å². The summed E-state index contributed by atoms with van der Waals surface area (Å²) in [6.07, 6.45) is 0.933. The first kappa shape index (κ1) is 14.3. The maximum Gasteiger partial charge on any atom is 0.245 e. The molecular formula is C14H22N2O2S. The summed E-state index contributed by atoms with van der Waals surface area (Å²) in [5.74, 6) is 0.956. The van der Waals surface area contributed by atoms with Crippen LogP contribution in [0.4, 0.5) is 5.69 Å². The number of anilines is 1. The van der Waals surface area contributed by atoms with Gasteiger partial charge in [0.1, 0.15) is 4.90 Å². The minimum absolute atomic E-state index is 0.238. The van der Waals surface area contributed by atoms with Crippen LogP contribution >= 0.6 is 0 Å². The van der Waals surface area contributed by atoms with Crippen molar-refractivity contribution >= 4 is 15.7 Å². The van der Waals surface area contributed by atoms with Crippen molar-refractivity contribution in [1.29, 1.82) is 0 Å². The Labute approximate surface area is 115 Å². The molecule has 1 aliphatic heterocycles. The molecule has 1 aromatic carbocycles. The molecule has 1 aromatic rings. The molecule has 2 N–H and O–H groups in total. The van der Waals surface area contributed by atoms with Crippen molar-refractivity contribution in [3.05, 3.63) is 23.8 Å². The molecular weight excluding hydrogens is 260 g/mol. The number of nitrogens with zero attached hydrogens (tertiary/aromatic N) is 1. The summed E-state index contributed by atoms with van der Waals surface area (Å²) < 4.78 is 26.7. The van der Waals surface area contributed by atoms with Crippen molar-refractivity contribution in [3.63, 3.8) is 0 Å². The van der Waals surface area contributed by atoms with Crippen LogP contribution in [-0.2, 0) is 10.0 Å². The molecule has 0 radical (unpaired) electrons. The predicted molar refractivity (Wildman–Crippen MR) is 77.3 cm³/mol. The molecule has 0 spiro atoms. The Morgan fingerprint density at radius 2 is 2.05 bits per heavy atom. The van der Waals surface area contributed by atoms with E-state index in [4.69, 9.17) is 5.73 Å². The molecule has 0 amide bonds. The van der Waals surface area contributed by atoms with Gasteiger partial charge in [-0.2, -0.15) is 4.31 Å². The molecule has 0 bridgehead atoms. The Kier molecular flexibility index (Phi) is 3.87. The molecule has 0 saturated carbocycles. The van der Waals surface area contributed by atoms with Gasteiger partial charge in [-0.05, 0) is 42.9 Å². The molecule has 1 aliphatic rings. The topological polar surface area (TPSA) is 63.4 Å². The van der Waals surface area contributed by atoms with Crippen LogP contribution in [0, 0.1) is 18.8 Å². The Morgan fingerprint density at radius 1 is 1.37 bits per heavy atom. The second kappa shape index (κ2) is 5.13. The second-order valence-corrected chi connectivity index (χ2v) is 7.60. The summed E-state index contributed by atoms with van der Waals surface area (Å²) in [6.45, 7) is 7.38. The lowest BCUT2D eigenvalue weighted by Gasteiger charge is -2.19. The Balaban J connectivity index is 2.29. The van der Waals surface area contributed by atoms with Gasteiger partial charge < -0.3 is 5.73 Å².